The quantitative estimate of drug-likeness (QED) is 0.512. The first kappa shape index (κ1) is 21.3. The zero-order chi connectivity index (χ0) is 21.6. The molecule has 2 aromatic carbocycles. The first-order valence-corrected chi connectivity index (χ1v) is 11.2. The number of rotatable bonds is 8. The van der Waals surface area contributed by atoms with Crippen molar-refractivity contribution in [3.63, 3.8) is 0 Å². The Hall–Kier alpha value is -2.90. The third-order valence-corrected chi connectivity index (χ3v) is 6.19. The van der Waals surface area contributed by atoms with Crippen molar-refractivity contribution in [2.45, 2.75) is 25.5 Å². The van der Waals surface area contributed by atoms with Crippen molar-refractivity contribution in [3.05, 3.63) is 65.2 Å². The maximum Gasteiger partial charge on any atom is 0.273 e. The molecule has 0 radical (unpaired) electrons. The van der Waals surface area contributed by atoms with Crippen LogP contribution in [-0.2, 0) is 11.3 Å². The number of benzene rings is 2. The standard InChI is InChI=1S/C24H26N2O4S/c1-28-19-10-8-18(9-11-19)23-25-22(16-31-23)24(27)26(15-21-7-4-12-30-21)14-17-5-3-6-20(13-17)29-2/h3,5-6,8-11,13,16,21H,4,7,12,14-15H2,1-2H3. The van der Waals surface area contributed by atoms with E-state index in [-0.39, 0.29) is 12.0 Å². The molecule has 0 N–H and O–H groups in total. The highest BCUT2D eigenvalue weighted by atomic mass is 32.1. The largest absolute Gasteiger partial charge is 0.497 e. The Morgan fingerprint density at radius 3 is 2.68 bits per heavy atom. The van der Waals surface area contributed by atoms with Crippen molar-refractivity contribution in [2.24, 2.45) is 0 Å². The number of nitrogens with zero attached hydrogens (tertiary/aromatic N) is 2. The van der Waals surface area contributed by atoms with Gasteiger partial charge in [-0.3, -0.25) is 4.79 Å². The molecule has 1 fully saturated rings. The summed E-state index contributed by atoms with van der Waals surface area (Å²) in [6, 6.07) is 15.5. The molecule has 162 valence electrons. The highest BCUT2D eigenvalue weighted by molar-refractivity contribution is 7.13. The third kappa shape index (κ3) is 5.24. The van der Waals surface area contributed by atoms with Gasteiger partial charge < -0.3 is 19.1 Å². The predicted molar refractivity (Wildman–Crippen MR) is 121 cm³/mol. The number of ether oxygens (including phenoxy) is 3. The summed E-state index contributed by atoms with van der Waals surface area (Å²) < 4.78 is 16.4. The average molecular weight is 439 g/mol. The summed E-state index contributed by atoms with van der Waals surface area (Å²) in [6.45, 7) is 1.78. The molecule has 7 heteroatoms. The van der Waals surface area contributed by atoms with Crippen LogP contribution in [0.3, 0.4) is 0 Å². The van der Waals surface area contributed by atoms with Gasteiger partial charge in [0.05, 0.1) is 20.3 Å². The van der Waals surface area contributed by atoms with E-state index in [1.54, 1.807) is 14.2 Å². The predicted octanol–water partition coefficient (Wildman–Crippen LogP) is 4.65. The molecular formula is C24H26N2O4S. The van der Waals surface area contributed by atoms with Crippen LogP contribution in [-0.4, -0.2) is 49.3 Å². The van der Waals surface area contributed by atoms with Crippen LogP contribution in [0.5, 0.6) is 11.5 Å². The minimum absolute atomic E-state index is 0.0641. The minimum atomic E-state index is -0.0886. The Balaban J connectivity index is 1.55. The lowest BCUT2D eigenvalue weighted by Gasteiger charge is -2.25. The number of carbonyl (C=O) groups excluding carboxylic acids is 1. The Morgan fingerprint density at radius 1 is 1.16 bits per heavy atom. The number of hydrogen-bond donors (Lipinski definition) is 0. The second-order valence-corrected chi connectivity index (χ2v) is 8.30. The number of methoxy groups -OCH3 is 2. The molecule has 1 aromatic heterocycles. The summed E-state index contributed by atoms with van der Waals surface area (Å²) >= 11 is 1.47. The fourth-order valence-corrected chi connectivity index (χ4v) is 4.44. The Labute approximate surface area is 186 Å². The lowest BCUT2D eigenvalue weighted by Crippen LogP contribution is -2.37. The fraction of sp³-hybridized carbons (Fsp3) is 0.333. The van der Waals surface area contributed by atoms with Gasteiger partial charge >= 0.3 is 0 Å². The van der Waals surface area contributed by atoms with E-state index >= 15 is 0 Å². The van der Waals surface area contributed by atoms with Gasteiger partial charge in [-0.2, -0.15) is 0 Å². The minimum Gasteiger partial charge on any atom is -0.497 e. The van der Waals surface area contributed by atoms with Crippen molar-refractivity contribution in [2.75, 3.05) is 27.4 Å². The van der Waals surface area contributed by atoms with Gasteiger partial charge in [0, 0.05) is 30.6 Å². The lowest BCUT2D eigenvalue weighted by molar-refractivity contribution is 0.0503. The van der Waals surface area contributed by atoms with Crippen LogP contribution in [0.2, 0.25) is 0 Å². The zero-order valence-corrected chi connectivity index (χ0v) is 18.6. The van der Waals surface area contributed by atoms with E-state index in [4.69, 9.17) is 14.2 Å². The molecule has 31 heavy (non-hydrogen) atoms. The fourth-order valence-electron chi connectivity index (χ4n) is 3.64. The highest BCUT2D eigenvalue weighted by Crippen LogP contribution is 2.27. The first-order valence-electron chi connectivity index (χ1n) is 10.3. The SMILES string of the molecule is COc1ccc(-c2nc(C(=O)N(Cc3cccc(OC)c3)CC3CCCO3)cs2)cc1. The number of thiazole rings is 1. The van der Waals surface area contributed by atoms with E-state index in [1.165, 1.54) is 11.3 Å². The van der Waals surface area contributed by atoms with Gasteiger partial charge in [0.1, 0.15) is 22.2 Å². The van der Waals surface area contributed by atoms with Gasteiger partial charge in [0.15, 0.2) is 0 Å². The molecule has 6 nitrogen and oxygen atoms in total. The average Bonchev–Trinajstić information content (AvgIpc) is 3.51. The Kier molecular flexibility index (Phi) is 6.84. The molecule has 1 saturated heterocycles. The van der Waals surface area contributed by atoms with Crippen molar-refractivity contribution >= 4 is 17.2 Å². The summed E-state index contributed by atoms with van der Waals surface area (Å²) in [4.78, 5) is 19.9. The molecule has 0 bridgehead atoms. The molecule has 3 aromatic rings. The van der Waals surface area contributed by atoms with Gasteiger partial charge in [-0.05, 0) is 54.8 Å². The van der Waals surface area contributed by atoms with E-state index in [0.29, 0.717) is 18.8 Å². The van der Waals surface area contributed by atoms with Crippen molar-refractivity contribution in [1.29, 1.82) is 0 Å². The zero-order valence-electron chi connectivity index (χ0n) is 17.7. The van der Waals surface area contributed by atoms with E-state index in [9.17, 15) is 4.79 Å². The van der Waals surface area contributed by atoms with Crippen molar-refractivity contribution in [3.8, 4) is 22.1 Å². The Bertz CT molecular complexity index is 1010. The highest BCUT2D eigenvalue weighted by Gasteiger charge is 2.25. The Morgan fingerprint density at radius 2 is 1.97 bits per heavy atom. The number of carbonyl (C=O) groups is 1. The van der Waals surface area contributed by atoms with Gasteiger partial charge in [-0.15, -0.1) is 11.3 Å². The molecule has 1 atom stereocenters. The number of hydrogen-bond acceptors (Lipinski definition) is 6. The molecular weight excluding hydrogens is 412 g/mol. The summed E-state index contributed by atoms with van der Waals surface area (Å²) in [5.74, 6) is 1.48. The molecule has 2 heterocycles. The molecule has 1 unspecified atom stereocenters. The van der Waals surface area contributed by atoms with Gasteiger partial charge in [-0.1, -0.05) is 12.1 Å². The summed E-state index contributed by atoms with van der Waals surface area (Å²) in [6.07, 6.45) is 2.06. The molecule has 0 spiro atoms. The summed E-state index contributed by atoms with van der Waals surface area (Å²) in [5, 5.41) is 2.64. The van der Waals surface area contributed by atoms with E-state index in [1.807, 2.05) is 58.8 Å². The maximum absolute atomic E-state index is 13.4. The second-order valence-electron chi connectivity index (χ2n) is 7.44. The summed E-state index contributed by atoms with van der Waals surface area (Å²) in [7, 11) is 3.28. The van der Waals surface area contributed by atoms with Crippen LogP contribution in [0.25, 0.3) is 10.6 Å². The third-order valence-electron chi connectivity index (χ3n) is 5.30. The van der Waals surface area contributed by atoms with Crippen LogP contribution >= 0.6 is 11.3 Å². The monoisotopic (exact) mass is 438 g/mol. The van der Waals surface area contributed by atoms with E-state index < -0.39 is 0 Å². The lowest BCUT2D eigenvalue weighted by atomic mass is 10.1. The molecule has 0 aliphatic carbocycles. The normalized spacial score (nSPS) is 15.6. The van der Waals surface area contributed by atoms with Crippen LogP contribution in [0.1, 0.15) is 28.9 Å². The summed E-state index contributed by atoms with van der Waals surface area (Å²) in [5.41, 5.74) is 2.43. The van der Waals surface area contributed by atoms with E-state index in [0.717, 1.165) is 47.1 Å². The van der Waals surface area contributed by atoms with Crippen LogP contribution in [0, 0.1) is 0 Å². The number of aromatic nitrogens is 1. The van der Waals surface area contributed by atoms with Gasteiger partial charge in [0.25, 0.3) is 5.91 Å². The van der Waals surface area contributed by atoms with Gasteiger partial charge in [0.2, 0.25) is 0 Å². The first-order chi connectivity index (χ1) is 15.2. The van der Waals surface area contributed by atoms with Gasteiger partial charge in [-0.25, -0.2) is 4.98 Å². The van der Waals surface area contributed by atoms with Crippen molar-refractivity contribution in [1.82, 2.24) is 9.88 Å². The van der Waals surface area contributed by atoms with Crippen LogP contribution in [0.15, 0.2) is 53.9 Å². The second kappa shape index (κ2) is 9.94. The van der Waals surface area contributed by atoms with Crippen LogP contribution in [0.4, 0.5) is 0 Å². The molecule has 1 amide bonds. The van der Waals surface area contributed by atoms with Crippen LogP contribution < -0.4 is 9.47 Å². The van der Waals surface area contributed by atoms with E-state index in [2.05, 4.69) is 4.98 Å². The molecule has 4 rings (SSSR count). The van der Waals surface area contributed by atoms with Crippen molar-refractivity contribution < 1.29 is 19.0 Å². The maximum atomic E-state index is 13.4. The molecule has 0 saturated carbocycles. The smallest absolute Gasteiger partial charge is 0.273 e. The number of amides is 1. The molecule has 1 aliphatic heterocycles. The molecule has 1 aliphatic rings. The topological polar surface area (TPSA) is 60.9 Å².